The highest BCUT2D eigenvalue weighted by Gasteiger charge is 2.33. The molecule has 1 unspecified atom stereocenters. The number of aryl methyl sites for hydroxylation is 1. The number of ketones is 1. The maximum Gasteiger partial charge on any atom is 0.331 e. The van der Waals surface area contributed by atoms with Gasteiger partial charge in [-0.05, 0) is 62.4 Å². The third-order valence-corrected chi connectivity index (χ3v) is 7.42. The van der Waals surface area contributed by atoms with Crippen LogP contribution in [0.15, 0.2) is 88.2 Å². The van der Waals surface area contributed by atoms with Gasteiger partial charge in [0.2, 0.25) is 11.8 Å². The van der Waals surface area contributed by atoms with Crippen molar-refractivity contribution < 1.29 is 31.9 Å². The summed E-state index contributed by atoms with van der Waals surface area (Å²) in [4.78, 5) is 29.2. The van der Waals surface area contributed by atoms with Gasteiger partial charge >= 0.3 is 5.97 Å². The molecule has 10 nitrogen and oxygen atoms in total. The van der Waals surface area contributed by atoms with Crippen LogP contribution in [0, 0.1) is 24.2 Å². The molecule has 1 atom stereocenters. The number of esters is 1. The van der Waals surface area contributed by atoms with Crippen LogP contribution in [0.2, 0.25) is 0 Å². The first kappa shape index (κ1) is 29.0. The zero-order chi connectivity index (χ0) is 29.4. The molecular weight excluding hydrogens is 546 g/mol. The van der Waals surface area contributed by atoms with Gasteiger partial charge in [-0.1, -0.05) is 30.3 Å². The van der Waals surface area contributed by atoms with Gasteiger partial charge in [-0.15, -0.1) is 0 Å². The highest BCUT2D eigenvalue weighted by atomic mass is 32.2. The Morgan fingerprint density at radius 1 is 1.02 bits per heavy atom. The molecule has 1 aromatic heterocycles. The normalized spacial score (nSPS) is 11.7. The predicted octanol–water partition coefficient (Wildman–Crippen LogP) is 4.96. The Bertz CT molecular complexity index is 1680. The molecular formula is C30H27N3O7S. The van der Waals surface area contributed by atoms with Gasteiger partial charge in [-0.25, -0.2) is 13.4 Å². The molecule has 41 heavy (non-hydrogen) atoms. The number of Topliss-reactive ketones (excluding diaryl/α,β-unsaturated/α-hetero) is 1. The van der Waals surface area contributed by atoms with E-state index in [0.29, 0.717) is 30.4 Å². The second kappa shape index (κ2) is 12.9. The SMILES string of the molecule is CCOC(=O)C(C#N)C(=O)c1ccccc1S(=O)(=O)Nc1ccc(OCCc2nc(-c3ccccc3)oc2C)cc1. The fraction of sp³-hybridized carbons (Fsp3) is 0.200. The average molecular weight is 574 g/mol. The molecule has 0 aliphatic carbocycles. The number of sulfonamides is 1. The standard InChI is InChI=1S/C30H27N3O7S/c1-3-38-30(35)25(19-31)28(34)24-11-7-8-12-27(24)41(36,37)33-22-13-15-23(16-14-22)39-18-17-26-20(2)40-29(32-26)21-9-5-4-6-10-21/h4-16,25,33H,3,17-18H2,1-2H3. The van der Waals surface area contributed by atoms with Gasteiger partial charge in [0.1, 0.15) is 11.5 Å². The van der Waals surface area contributed by atoms with Crippen molar-refractivity contribution in [1.82, 2.24) is 4.98 Å². The number of anilines is 1. The number of aromatic nitrogens is 1. The summed E-state index contributed by atoms with van der Waals surface area (Å²) in [7, 11) is -4.25. The number of benzene rings is 3. The first-order valence-electron chi connectivity index (χ1n) is 12.7. The molecule has 0 saturated heterocycles. The van der Waals surface area contributed by atoms with Gasteiger partial charge in [0, 0.05) is 23.2 Å². The maximum absolute atomic E-state index is 13.2. The van der Waals surface area contributed by atoms with Crippen molar-refractivity contribution >= 4 is 27.5 Å². The third-order valence-electron chi connectivity index (χ3n) is 5.98. The van der Waals surface area contributed by atoms with Crippen molar-refractivity contribution in [3.63, 3.8) is 0 Å². The minimum absolute atomic E-state index is 0.0272. The van der Waals surface area contributed by atoms with Crippen molar-refractivity contribution in [1.29, 1.82) is 5.26 Å². The highest BCUT2D eigenvalue weighted by Crippen LogP contribution is 2.25. The molecule has 0 spiro atoms. The van der Waals surface area contributed by atoms with Crippen LogP contribution in [-0.2, 0) is 26.0 Å². The van der Waals surface area contributed by atoms with Crippen molar-refractivity contribution in [3.8, 4) is 23.3 Å². The zero-order valence-corrected chi connectivity index (χ0v) is 23.2. The van der Waals surface area contributed by atoms with Crippen LogP contribution in [0.25, 0.3) is 11.5 Å². The number of rotatable bonds is 12. The molecule has 0 aliphatic rings. The summed E-state index contributed by atoms with van der Waals surface area (Å²) in [6, 6.07) is 22.8. The van der Waals surface area contributed by atoms with E-state index in [-0.39, 0.29) is 22.8 Å². The molecule has 0 radical (unpaired) electrons. The summed E-state index contributed by atoms with van der Waals surface area (Å²) in [5.41, 5.74) is 1.60. The molecule has 1 heterocycles. The summed E-state index contributed by atoms with van der Waals surface area (Å²) in [6.45, 7) is 3.68. The Morgan fingerprint density at radius 2 is 1.71 bits per heavy atom. The molecule has 210 valence electrons. The number of ether oxygens (including phenoxy) is 2. The molecule has 0 amide bonds. The predicted molar refractivity (Wildman–Crippen MR) is 150 cm³/mol. The Kier molecular flexibility index (Phi) is 9.16. The summed E-state index contributed by atoms with van der Waals surface area (Å²) in [6.07, 6.45) is 0.511. The number of oxazole rings is 1. The number of carbonyl (C=O) groups is 2. The van der Waals surface area contributed by atoms with E-state index >= 15 is 0 Å². The molecule has 0 aliphatic heterocycles. The molecule has 0 saturated carbocycles. The lowest BCUT2D eigenvalue weighted by molar-refractivity contribution is -0.144. The monoisotopic (exact) mass is 573 g/mol. The smallest absolute Gasteiger partial charge is 0.331 e. The highest BCUT2D eigenvalue weighted by molar-refractivity contribution is 7.92. The van der Waals surface area contributed by atoms with Crippen LogP contribution in [0.3, 0.4) is 0 Å². The molecule has 4 aromatic rings. The summed E-state index contributed by atoms with van der Waals surface area (Å²) < 4.78 is 45.1. The van der Waals surface area contributed by atoms with Gasteiger partial charge in [0.15, 0.2) is 5.78 Å². The minimum Gasteiger partial charge on any atom is -0.493 e. The second-order valence-electron chi connectivity index (χ2n) is 8.79. The minimum atomic E-state index is -4.25. The molecule has 11 heteroatoms. The van der Waals surface area contributed by atoms with E-state index in [1.807, 2.05) is 37.3 Å². The lowest BCUT2D eigenvalue weighted by Gasteiger charge is -2.14. The van der Waals surface area contributed by atoms with E-state index < -0.39 is 27.7 Å². The third kappa shape index (κ3) is 6.98. The maximum atomic E-state index is 13.2. The van der Waals surface area contributed by atoms with E-state index in [2.05, 4.69) is 9.71 Å². The summed E-state index contributed by atoms with van der Waals surface area (Å²) in [5.74, 6) is -2.02. The molecule has 0 bridgehead atoms. The van der Waals surface area contributed by atoms with E-state index in [1.165, 1.54) is 43.3 Å². The fourth-order valence-electron chi connectivity index (χ4n) is 3.96. The number of hydrogen-bond acceptors (Lipinski definition) is 9. The van der Waals surface area contributed by atoms with Crippen LogP contribution < -0.4 is 9.46 Å². The molecule has 4 rings (SSSR count). The van der Waals surface area contributed by atoms with Crippen molar-refractivity contribution in [3.05, 3.63) is 95.9 Å². The average Bonchev–Trinajstić information content (AvgIpc) is 3.35. The van der Waals surface area contributed by atoms with Crippen LogP contribution in [0.5, 0.6) is 5.75 Å². The van der Waals surface area contributed by atoms with Crippen LogP contribution in [0.1, 0.15) is 28.7 Å². The van der Waals surface area contributed by atoms with E-state index in [4.69, 9.17) is 13.9 Å². The van der Waals surface area contributed by atoms with Crippen molar-refractivity contribution in [2.75, 3.05) is 17.9 Å². The molecule has 1 N–H and O–H groups in total. The van der Waals surface area contributed by atoms with Crippen molar-refractivity contribution in [2.24, 2.45) is 5.92 Å². The number of carbonyl (C=O) groups excluding carboxylic acids is 2. The number of nitrogens with one attached hydrogen (secondary N) is 1. The molecule has 3 aromatic carbocycles. The number of nitriles is 1. The molecule has 0 fully saturated rings. The van der Waals surface area contributed by atoms with E-state index in [1.54, 1.807) is 18.2 Å². The summed E-state index contributed by atoms with van der Waals surface area (Å²) in [5, 5.41) is 9.34. The number of hydrogen-bond donors (Lipinski definition) is 1. The first-order chi connectivity index (χ1) is 19.7. The van der Waals surface area contributed by atoms with Gasteiger partial charge in [-0.3, -0.25) is 14.3 Å². The Morgan fingerprint density at radius 3 is 2.39 bits per heavy atom. The van der Waals surface area contributed by atoms with Gasteiger partial charge in [-0.2, -0.15) is 5.26 Å². The quantitative estimate of drug-likeness (QED) is 0.141. The largest absolute Gasteiger partial charge is 0.493 e. The van der Waals surface area contributed by atoms with Crippen LogP contribution >= 0.6 is 0 Å². The second-order valence-corrected chi connectivity index (χ2v) is 10.4. The summed E-state index contributed by atoms with van der Waals surface area (Å²) >= 11 is 0. The lowest BCUT2D eigenvalue weighted by atomic mass is 9.99. The van der Waals surface area contributed by atoms with Gasteiger partial charge < -0.3 is 13.9 Å². The first-order valence-corrected chi connectivity index (χ1v) is 14.2. The zero-order valence-electron chi connectivity index (χ0n) is 22.4. The van der Waals surface area contributed by atoms with E-state index in [0.717, 1.165) is 11.3 Å². The Hall–Kier alpha value is -4.95. The van der Waals surface area contributed by atoms with Crippen LogP contribution in [-0.4, -0.2) is 38.4 Å². The Balaban J connectivity index is 1.40. The number of nitrogens with zero attached hydrogens (tertiary/aromatic N) is 2. The Labute approximate surface area is 237 Å². The lowest BCUT2D eigenvalue weighted by Crippen LogP contribution is -2.27. The van der Waals surface area contributed by atoms with Crippen LogP contribution in [0.4, 0.5) is 5.69 Å². The van der Waals surface area contributed by atoms with Crippen molar-refractivity contribution in [2.45, 2.75) is 25.2 Å². The topological polar surface area (TPSA) is 149 Å². The van der Waals surface area contributed by atoms with Gasteiger partial charge in [0.25, 0.3) is 10.0 Å². The van der Waals surface area contributed by atoms with Gasteiger partial charge in [0.05, 0.1) is 29.9 Å². The fourth-order valence-corrected chi connectivity index (χ4v) is 5.24. The van der Waals surface area contributed by atoms with E-state index in [9.17, 15) is 23.3 Å².